The number of amides is 2. The summed E-state index contributed by atoms with van der Waals surface area (Å²) in [4.78, 5) is 23.5. The van der Waals surface area contributed by atoms with Crippen molar-refractivity contribution in [2.24, 2.45) is 0 Å². The van der Waals surface area contributed by atoms with Gasteiger partial charge >= 0.3 is 6.09 Å². The Balaban J connectivity index is 1.60. The molecule has 0 fully saturated rings. The number of hydrogen-bond donors (Lipinski definition) is 2. The predicted molar refractivity (Wildman–Crippen MR) is 117 cm³/mol. The molecule has 0 bridgehead atoms. The first-order chi connectivity index (χ1) is 15.0. The second kappa shape index (κ2) is 10.6. The zero-order chi connectivity index (χ0) is 22.1. The first-order valence-electron chi connectivity index (χ1n) is 9.44. The van der Waals surface area contributed by atoms with Gasteiger partial charge in [-0.05, 0) is 47.5 Å². The number of rotatable bonds is 7. The average molecular weight is 420 g/mol. The molecule has 0 aliphatic heterocycles. The van der Waals surface area contributed by atoms with Gasteiger partial charge in [0.15, 0.2) is 0 Å². The van der Waals surface area contributed by atoms with E-state index in [0.717, 1.165) is 17.2 Å². The van der Waals surface area contributed by atoms with Gasteiger partial charge in [0.2, 0.25) is 5.91 Å². The summed E-state index contributed by atoms with van der Waals surface area (Å²) < 4.78 is 24.0. The van der Waals surface area contributed by atoms with Gasteiger partial charge < -0.3 is 14.8 Å². The molecule has 31 heavy (non-hydrogen) atoms. The van der Waals surface area contributed by atoms with Crippen LogP contribution in [0.25, 0.3) is 6.08 Å². The van der Waals surface area contributed by atoms with E-state index in [2.05, 4.69) is 15.4 Å². The van der Waals surface area contributed by atoms with E-state index >= 15 is 0 Å². The lowest BCUT2D eigenvalue weighted by atomic mass is 10.2. The lowest BCUT2D eigenvalue weighted by Crippen LogP contribution is -2.13. The van der Waals surface area contributed by atoms with Crippen molar-refractivity contribution < 1.29 is 23.5 Å². The summed E-state index contributed by atoms with van der Waals surface area (Å²) in [6.45, 7) is 0.445. The Morgan fingerprint density at radius 2 is 1.77 bits per heavy atom. The highest BCUT2D eigenvalue weighted by Gasteiger charge is 2.09. The zero-order valence-electron chi connectivity index (χ0n) is 16.8. The van der Waals surface area contributed by atoms with Gasteiger partial charge in [0.25, 0.3) is 0 Å². The van der Waals surface area contributed by atoms with Crippen molar-refractivity contribution in [3.05, 3.63) is 95.8 Å². The third-order valence-electron chi connectivity index (χ3n) is 4.19. The van der Waals surface area contributed by atoms with Gasteiger partial charge in [-0.15, -0.1) is 0 Å². The highest BCUT2D eigenvalue weighted by atomic mass is 19.1. The van der Waals surface area contributed by atoms with Crippen LogP contribution in [0, 0.1) is 5.82 Å². The minimum Gasteiger partial charge on any atom is -0.489 e. The maximum atomic E-state index is 13.8. The number of nitrogens with one attached hydrogen (secondary N) is 2. The van der Waals surface area contributed by atoms with E-state index in [1.807, 2.05) is 54.6 Å². The number of ether oxygens (including phenoxy) is 2. The summed E-state index contributed by atoms with van der Waals surface area (Å²) in [6.07, 6.45) is 2.19. The Kier molecular flexibility index (Phi) is 7.37. The number of halogens is 1. The Bertz CT molecular complexity index is 1080. The van der Waals surface area contributed by atoms with Crippen molar-refractivity contribution in [1.82, 2.24) is 0 Å². The summed E-state index contributed by atoms with van der Waals surface area (Å²) in [5, 5.41) is 4.86. The molecule has 2 N–H and O–H groups in total. The van der Waals surface area contributed by atoms with Crippen LogP contribution in [0.3, 0.4) is 0 Å². The van der Waals surface area contributed by atoms with Crippen LogP contribution in [0.1, 0.15) is 11.1 Å². The lowest BCUT2D eigenvalue weighted by Gasteiger charge is -2.08. The number of hydrogen-bond acceptors (Lipinski definition) is 4. The molecule has 0 radical (unpaired) electrons. The highest BCUT2D eigenvalue weighted by molar-refractivity contribution is 6.02. The van der Waals surface area contributed by atoms with Gasteiger partial charge in [-0.2, -0.15) is 0 Å². The monoisotopic (exact) mass is 420 g/mol. The third-order valence-corrected chi connectivity index (χ3v) is 4.19. The molecule has 0 aliphatic carbocycles. The Labute approximate surface area is 179 Å². The van der Waals surface area contributed by atoms with Crippen LogP contribution >= 0.6 is 0 Å². The molecule has 7 heteroatoms. The van der Waals surface area contributed by atoms with Gasteiger partial charge in [-0.1, -0.05) is 42.5 Å². The lowest BCUT2D eigenvalue weighted by molar-refractivity contribution is -0.111. The van der Waals surface area contributed by atoms with E-state index in [9.17, 15) is 14.0 Å². The highest BCUT2D eigenvalue weighted by Crippen LogP contribution is 2.20. The van der Waals surface area contributed by atoms with Crippen LogP contribution in [-0.4, -0.2) is 19.1 Å². The molecule has 6 nitrogen and oxygen atoms in total. The molecule has 0 aliphatic rings. The summed E-state index contributed by atoms with van der Waals surface area (Å²) >= 11 is 0. The van der Waals surface area contributed by atoms with Crippen molar-refractivity contribution in [3.63, 3.8) is 0 Å². The van der Waals surface area contributed by atoms with Crippen LogP contribution in [-0.2, 0) is 16.1 Å². The van der Waals surface area contributed by atoms with Crippen molar-refractivity contribution in [1.29, 1.82) is 0 Å². The SMILES string of the molecule is COC(=O)Nc1cc(NC(=O)/C=C/c2cccc(OCc3ccccc3)c2)ccc1F. The Morgan fingerprint density at radius 3 is 2.55 bits per heavy atom. The van der Waals surface area contributed by atoms with Crippen LogP contribution in [0.15, 0.2) is 78.9 Å². The van der Waals surface area contributed by atoms with Gasteiger partial charge in [-0.3, -0.25) is 10.1 Å². The number of carbonyl (C=O) groups excluding carboxylic acids is 2. The van der Waals surface area contributed by atoms with Crippen LogP contribution in [0.4, 0.5) is 20.6 Å². The van der Waals surface area contributed by atoms with E-state index in [0.29, 0.717) is 18.0 Å². The first-order valence-corrected chi connectivity index (χ1v) is 9.44. The predicted octanol–water partition coefficient (Wildman–Crippen LogP) is 5.23. The van der Waals surface area contributed by atoms with Crippen LogP contribution < -0.4 is 15.4 Å². The second-order valence-corrected chi connectivity index (χ2v) is 6.48. The minimum absolute atomic E-state index is 0.100. The third kappa shape index (κ3) is 6.71. The molecule has 0 unspecified atom stereocenters. The maximum absolute atomic E-state index is 13.8. The van der Waals surface area contributed by atoms with Crippen molar-refractivity contribution >= 4 is 29.5 Å². The normalized spacial score (nSPS) is 10.5. The van der Waals surface area contributed by atoms with Gasteiger partial charge in [0.05, 0.1) is 12.8 Å². The zero-order valence-corrected chi connectivity index (χ0v) is 16.8. The molecule has 3 aromatic carbocycles. The second-order valence-electron chi connectivity index (χ2n) is 6.48. The molecular weight excluding hydrogens is 399 g/mol. The fraction of sp³-hybridized carbons (Fsp3) is 0.0833. The summed E-state index contributed by atoms with van der Waals surface area (Å²) in [5.41, 5.74) is 2.07. The van der Waals surface area contributed by atoms with Gasteiger partial charge in [0.1, 0.15) is 18.2 Å². The number of carbonyl (C=O) groups is 2. The molecule has 0 aromatic heterocycles. The van der Waals surface area contributed by atoms with E-state index in [4.69, 9.17) is 4.74 Å². The quantitative estimate of drug-likeness (QED) is 0.513. The number of methoxy groups -OCH3 is 1. The standard InChI is InChI=1S/C24H21FN2O4/c1-30-24(29)27-22-15-19(11-12-21(22)25)26-23(28)13-10-17-8-5-9-20(14-17)31-16-18-6-3-2-4-7-18/h2-15H,16H2,1H3,(H,26,28)(H,27,29)/b13-10+. The first kappa shape index (κ1) is 21.6. The van der Waals surface area contributed by atoms with Crippen LogP contribution in [0.2, 0.25) is 0 Å². The summed E-state index contributed by atoms with van der Waals surface area (Å²) in [7, 11) is 1.17. The summed E-state index contributed by atoms with van der Waals surface area (Å²) in [6, 6.07) is 21.0. The molecule has 3 rings (SSSR count). The fourth-order valence-electron chi connectivity index (χ4n) is 2.66. The smallest absolute Gasteiger partial charge is 0.411 e. The molecule has 0 saturated heterocycles. The van der Waals surface area contributed by atoms with E-state index in [-0.39, 0.29) is 5.69 Å². The van der Waals surface area contributed by atoms with E-state index in [1.54, 1.807) is 6.08 Å². The average Bonchev–Trinajstić information content (AvgIpc) is 2.79. The number of anilines is 2. The topological polar surface area (TPSA) is 76.7 Å². The Hall–Kier alpha value is -4.13. The van der Waals surface area contributed by atoms with Crippen molar-refractivity contribution in [3.8, 4) is 5.75 Å². The van der Waals surface area contributed by atoms with Crippen molar-refractivity contribution in [2.45, 2.75) is 6.61 Å². The van der Waals surface area contributed by atoms with Crippen molar-refractivity contribution in [2.75, 3.05) is 17.7 Å². The summed E-state index contributed by atoms with van der Waals surface area (Å²) in [5.74, 6) is -0.374. The molecule has 0 atom stereocenters. The molecular formula is C24H21FN2O4. The fourth-order valence-corrected chi connectivity index (χ4v) is 2.66. The largest absolute Gasteiger partial charge is 0.489 e. The van der Waals surface area contributed by atoms with Gasteiger partial charge in [0, 0.05) is 11.8 Å². The molecule has 2 amide bonds. The minimum atomic E-state index is -0.809. The van der Waals surface area contributed by atoms with Gasteiger partial charge in [-0.25, -0.2) is 9.18 Å². The molecule has 158 valence electrons. The molecule has 0 heterocycles. The van der Waals surface area contributed by atoms with E-state index < -0.39 is 17.8 Å². The molecule has 0 spiro atoms. The number of benzene rings is 3. The maximum Gasteiger partial charge on any atom is 0.411 e. The molecule has 0 saturated carbocycles. The Morgan fingerprint density at radius 1 is 0.968 bits per heavy atom. The molecule has 3 aromatic rings. The van der Waals surface area contributed by atoms with Crippen LogP contribution in [0.5, 0.6) is 5.75 Å². The van der Waals surface area contributed by atoms with E-state index in [1.165, 1.54) is 25.3 Å².